The van der Waals surface area contributed by atoms with Crippen LogP contribution < -0.4 is 0 Å². The molecule has 2 N–H and O–H groups in total. The number of carbonyl (C=O) groups is 1. The third kappa shape index (κ3) is 3.84. The van der Waals surface area contributed by atoms with Crippen molar-refractivity contribution in [3.05, 3.63) is 23.0 Å². The molecule has 0 saturated carbocycles. The third-order valence-corrected chi connectivity index (χ3v) is 3.23. The number of rotatable bonds is 6. The predicted octanol–water partition coefficient (Wildman–Crippen LogP) is 1.26. The molecule has 0 fully saturated rings. The van der Waals surface area contributed by atoms with E-state index in [9.17, 15) is 15.0 Å². The van der Waals surface area contributed by atoms with E-state index in [1.54, 1.807) is 11.8 Å². The van der Waals surface area contributed by atoms with Crippen molar-refractivity contribution in [2.75, 3.05) is 12.3 Å². The lowest BCUT2D eigenvalue weighted by molar-refractivity contribution is -0.131. The van der Waals surface area contributed by atoms with Crippen LogP contribution in [0, 0.1) is 6.92 Å². The maximum absolute atomic E-state index is 11.9. The quantitative estimate of drug-likeness (QED) is 0.688. The van der Waals surface area contributed by atoms with Crippen molar-refractivity contribution >= 4 is 18.5 Å². The normalized spacial score (nSPS) is 10.5. The molecule has 1 amide bonds. The van der Waals surface area contributed by atoms with E-state index in [-0.39, 0.29) is 24.8 Å². The Morgan fingerprint density at radius 1 is 1.53 bits per heavy atom. The Hall–Kier alpha value is -1.27. The first kappa shape index (κ1) is 15.8. The number of hydrogen-bond donors (Lipinski definition) is 3. The van der Waals surface area contributed by atoms with E-state index in [1.807, 2.05) is 6.92 Å². The molecule has 1 heterocycles. The van der Waals surface area contributed by atoms with Crippen LogP contribution >= 0.6 is 12.6 Å². The molecule has 0 atom stereocenters. The molecule has 1 aromatic heterocycles. The van der Waals surface area contributed by atoms with Crippen LogP contribution in [0.5, 0.6) is 5.75 Å². The summed E-state index contributed by atoms with van der Waals surface area (Å²) in [4.78, 5) is 17.5. The van der Waals surface area contributed by atoms with Gasteiger partial charge in [-0.1, -0.05) is 0 Å². The summed E-state index contributed by atoms with van der Waals surface area (Å²) in [7, 11) is 0. The highest BCUT2D eigenvalue weighted by Crippen LogP contribution is 2.25. The van der Waals surface area contributed by atoms with Crippen molar-refractivity contribution in [1.82, 2.24) is 9.88 Å². The molecule has 19 heavy (non-hydrogen) atoms. The monoisotopic (exact) mass is 284 g/mol. The Bertz CT molecular complexity index is 452. The predicted molar refractivity (Wildman–Crippen MR) is 76.1 cm³/mol. The van der Waals surface area contributed by atoms with E-state index in [4.69, 9.17) is 0 Å². The molecule has 0 aromatic carbocycles. The Labute approximate surface area is 118 Å². The Morgan fingerprint density at radius 3 is 2.74 bits per heavy atom. The SMILES string of the molecule is CCN(Cc1c(CO)cnc(C)c1O)C(=O)CCS. The van der Waals surface area contributed by atoms with Crippen molar-refractivity contribution < 1.29 is 15.0 Å². The van der Waals surface area contributed by atoms with Gasteiger partial charge in [-0.15, -0.1) is 0 Å². The average molecular weight is 284 g/mol. The standard InChI is InChI=1S/C13H20N2O3S/c1-3-15(12(17)4-5-19)7-11-10(8-16)6-14-9(2)13(11)18/h6,16,18-19H,3-5,7-8H2,1-2H3. The molecule has 0 unspecified atom stereocenters. The van der Waals surface area contributed by atoms with E-state index < -0.39 is 0 Å². The van der Waals surface area contributed by atoms with E-state index in [0.717, 1.165) is 0 Å². The summed E-state index contributed by atoms with van der Waals surface area (Å²) in [6, 6.07) is 0. The number of nitrogens with zero attached hydrogens (tertiary/aromatic N) is 2. The lowest BCUT2D eigenvalue weighted by Gasteiger charge is -2.23. The van der Waals surface area contributed by atoms with Crippen LogP contribution in [0.2, 0.25) is 0 Å². The van der Waals surface area contributed by atoms with Crippen LogP contribution in [0.15, 0.2) is 6.20 Å². The minimum absolute atomic E-state index is 0.0183. The van der Waals surface area contributed by atoms with Gasteiger partial charge in [-0.25, -0.2) is 0 Å². The number of pyridine rings is 1. The smallest absolute Gasteiger partial charge is 0.223 e. The summed E-state index contributed by atoms with van der Waals surface area (Å²) >= 11 is 4.05. The number of carbonyl (C=O) groups excluding carboxylic acids is 1. The van der Waals surface area contributed by atoms with Crippen molar-refractivity contribution in [2.24, 2.45) is 0 Å². The van der Waals surface area contributed by atoms with Crippen molar-refractivity contribution in [3.63, 3.8) is 0 Å². The number of aliphatic hydroxyl groups excluding tert-OH is 1. The topological polar surface area (TPSA) is 73.7 Å². The maximum Gasteiger partial charge on any atom is 0.223 e. The highest BCUT2D eigenvalue weighted by Gasteiger charge is 2.17. The lowest BCUT2D eigenvalue weighted by atomic mass is 10.1. The molecule has 0 radical (unpaired) electrons. The van der Waals surface area contributed by atoms with Crippen molar-refractivity contribution in [3.8, 4) is 5.75 Å². The molecule has 0 bridgehead atoms. The van der Waals surface area contributed by atoms with Gasteiger partial charge < -0.3 is 15.1 Å². The fourth-order valence-corrected chi connectivity index (χ4v) is 2.01. The van der Waals surface area contributed by atoms with Gasteiger partial charge in [0, 0.05) is 36.8 Å². The van der Waals surface area contributed by atoms with Gasteiger partial charge in [-0.05, 0) is 19.6 Å². The Kier molecular flexibility index (Phi) is 6.11. The molecule has 5 nitrogen and oxygen atoms in total. The van der Waals surface area contributed by atoms with Crippen LogP contribution in [0.3, 0.4) is 0 Å². The fourth-order valence-electron chi connectivity index (χ4n) is 1.82. The van der Waals surface area contributed by atoms with Gasteiger partial charge in [0.15, 0.2) is 0 Å². The van der Waals surface area contributed by atoms with Crippen molar-refractivity contribution in [1.29, 1.82) is 0 Å². The van der Waals surface area contributed by atoms with Gasteiger partial charge in [0.2, 0.25) is 5.91 Å². The number of aryl methyl sites for hydroxylation is 1. The van der Waals surface area contributed by atoms with E-state index in [0.29, 0.717) is 35.5 Å². The molecule has 0 aliphatic heterocycles. The van der Waals surface area contributed by atoms with Gasteiger partial charge >= 0.3 is 0 Å². The van der Waals surface area contributed by atoms with Crippen LogP contribution in [0.25, 0.3) is 0 Å². The van der Waals surface area contributed by atoms with E-state index in [2.05, 4.69) is 17.6 Å². The van der Waals surface area contributed by atoms with E-state index >= 15 is 0 Å². The molecule has 0 spiro atoms. The average Bonchev–Trinajstić information content (AvgIpc) is 2.40. The minimum atomic E-state index is -0.214. The number of thiol groups is 1. The molecular weight excluding hydrogens is 264 g/mol. The first-order valence-electron chi connectivity index (χ1n) is 6.20. The zero-order valence-corrected chi connectivity index (χ0v) is 12.2. The third-order valence-electron chi connectivity index (χ3n) is 3.01. The molecule has 6 heteroatoms. The second-order valence-corrected chi connectivity index (χ2v) is 4.68. The first-order valence-corrected chi connectivity index (χ1v) is 6.84. The minimum Gasteiger partial charge on any atom is -0.506 e. The van der Waals surface area contributed by atoms with Gasteiger partial charge in [0.05, 0.1) is 12.3 Å². The molecule has 1 aromatic rings. The number of aliphatic hydroxyl groups is 1. The van der Waals surface area contributed by atoms with Crippen LogP contribution in [0.4, 0.5) is 0 Å². The van der Waals surface area contributed by atoms with Crippen LogP contribution in [-0.2, 0) is 17.9 Å². The molecule has 0 aliphatic rings. The van der Waals surface area contributed by atoms with Gasteiger partial charge in [-0.2, -0.15) is 12.6 Å². The maximum atomic E-state index is 11.9. The summed E-state index contributed by atoms with van der Waals surface area (Å²) in [5, 5.41) is 19.3. The zero-order chi connectivity index (χ0) is 14.4. The van der Waals surface area contributed by atoms with Gasteiger partial charge in [0.1, 0.15) is 5.75 Å². The highest BCUT2D eigenvalue weighted by molar-refractivity contribution is 7.80. The first-order chi connectivity index (χ1) is 9.04. The number of aromatic nitrogens is 1. The summed E-state index contributed by atoms with van der Waals surface area (Å²) in [5.41, 5.74) is 1.59. The second-order valence-electron chi connectivity index (χ2n) is 4.24. The van der Waals surface area contributed by atoms with Crippen molar-refractivity contribution in [2.45, 2.75) is 33.4 Å². The largest absolute Gasteiger partial charge is 0.506 e. The highest BCUT2D eigenvalue weighted by atomic mass is 32.1. The second kappa shape index (κ2) is 7.35. The summed E-state index contributed by atoms with van der Waals surface area (Å²) in [6.45, 7) is 4.16. The fraction of sp³-hybridized carbons (Fsp3) is 0.538. The summed E-state index contributed by atoms with van der Waals surface area (Å²) in [6.07, 6.45) is 1.89. The Balaban J connectivity index is 3.02. The number of aromatic hydroxyl groups is 1. The molecule has 0 saturated heterocycles. The van der Waals surface area contributed by atoms with Crippen LogP contribution in [-0.4, -0.2) is 38.3 Å². The van der Waals surface area contributed by atoms with Gasteiger partial charge in [0.25, 0.3) is 0 Å². The van der Waals surface area contributed by atoms with E-state index in [1.165, 1.54) is 6.20 Å². The molecule has 106 valence electrons. The molecular formula is C13H20N2O3S. The van der Waals surface area contributed by atoms with Crippen LogP contribution in [0.1, 0.15) is 30.2 Å². The van der Waals surface area contributed by atoms with Gasteiger partial charge in [-0.3, -0.25) is 9.78 Å². The summed E-state index contributed by atoms with van der Waals surface area (Å²) < 4.78 is 0. The summed E-state index contributed by atoms with van der Waals surface area (Å²) in [5.74, 6) is 0.516. The molecule has 0 aliphatic carbocycles. The number of amides is 1. The Morgan fingerprint density at radius 2 is 2.21 bits per heavy atom. The molecule has 1 rings (SSSR count). The zero-order valence-electron chi connectivity index (χ0n) is 11.3. The lowest BCUT2D eigenvalue weighted by Crippen LogP contribution is -2.31. The number of hydrogen-bond acceptors (Lipinski definition) is 5.